The molecule has 0 aromatic carbocycles. The van der Waals surface area contributed by atoms with Crippen LogP contribution in [0.2, 0.25) is 0 Å². The monoisotopic (exact) mass is 142 g/mol. The summed E-state index contributed by atoms with van der Waals surface area (Å²) in [5.41, 5.74) is 4.11. The first-order chi connectivity index (χ1) is 4.83. The van der Waals surface area contributed by atoms with E-state index in [9.17, 15) is 0 Å². The zero-order valence-corrected chi connectivity index (χ0v) is 6.29. The van der Waals surface area contributed by atoms with Gasteiger partial charge in [0, 0.05) is 11.8 Å². The van der Waals surface area contributed by atoms with Crippen molar-refractivity contribution >= 4 is 0 Å². The summed E-state index contributed by atoms with van der Waals surface area (Å²) in [6.07, 6.45) is 4.07. The van der Waals surface area contributed by atoms with Gasteiger partial charge in [-0.25, -0.2) is 0 Å². The van der Waals surface area contributed by atoms with Gasteiger partial charge in [0.15, 0.2) is 0 Å². The van der Waals surface area contributed by atoms with Crippen molar-refractivity contribution in [2.45, 2.75) is 25.3 Å². The third-order valence-corrected chi connectivity index (χ3v) is 3.49. The molecule has 2 aliphatic rings. The summed E-state index contributed by atoms with van der Waals surface area (Å²) in [5, 5.41) is 9.02. The largest absolute Gasteiger partial charge is 0.396 e. The van der Waals surface area contributed by atoms with E-state index in [-0.39, 0.29) is 0 Å². The fraction of sp³-hybridized carbons (Fsp3) is 1.00. The highest BCUT2D eigenvalue weighted by Gasteiger charge is 2.47. The van der Waals surface area contributed by atoms with Crippen LogP contribution in [0.4, 0.5) is 0 Å². The summed E-state index contributed by atoms with van der Waals surface area (Å²) in [6, 6.07) is 0.559. The molecule has 58 valence electrons. The van der Waals surface area contributed by atoms with Crippen molar-refractivity contribution in [2.75, 3.05) is 6.61 Å². The van der Waals surface area contributed by atoms with Crippen LogP contribution in [0.15, 0.2) is 0 Å². The molecule has 0 aliphatic heterocycles. The van der Waals surface area contributed by atoms with E-state index >= 15 is 0 Å². The van der Waals surface area contributed by atoms with Gasteiger partial charge in [0.05, 0.1) is 12.6 Å². The van der Waals surface area contributed by atoms with Crippen LogP contribution in [-0.4, -0.2) is 17.8 Å². The second-order valence-electron chi connectivity index (χ2n) is 3.84. The Bertz CT molecular complexity index is 135. The lowest BCUT2D eigenvalue weighted by Crippen LogP contribution is -2.67. The van der Waals surface area contributed by atoms with Crippen LogP contribution >= 0.6 is 0 Å². The zero-order chi connectivity index (χ0) is 7.14. The second-order valence-corrected chi connectivity index (χ2v) is 3.84. The molecule has 0 aromatic rings. The molecule has 10 heavy (non-hydrogen) atoms. The Labute approximate surface area is 61.4 Å². The standard InChI is InChI=1S/C8H15NO/c9-8-6-2-1-5(3-6)7(8)4-10/h5-8,10H,1-4,9H2/p+1/t5-,6-,7-,8+/m0/s1. The van der Waals surface area contributed by atoms with E-state index in [0.29, 0.717) is 18.6 Å². The highest BCUT2D eigenvalue weighted by Crippen LogP contribution is 2.46. The van der Waals surface area contributed by atoms with E-state index in [1.165, 1.54) is 19.3 Å². The SMILES string of the molecule is [NH3+][C@@H]1[C@H]2CC[C@@H](C2)[C@@H]1CO. The molecule has 0 aromatic heterocycles. The Morgan fingerprint density at radius 2 is 2.00 bits per heavy atom. The molecule has 0 radical (unpaired) electrons. The molecule has 0 amide bonds. The van der Waals surface area contributed by atoms with Gasteiger partial charge >= 0.3 is 0 Å². The molecule has 0 heterocycles. The first-order valence-corrected chi connectivity index (χ1v) is 4.27. The van der Waals surface area contributed by atoms with Crippen LogP contribution < -0.4 is 5.73 Å². The fourth-order valence-electron chi connectivity index (χ4n) is 2.81. The molecule has 0 saturated heterocycles. The number of quaternary nitrogens is 1. The van der Waals surface area contributed by atoms with Gasteiger partial charge in [-0.3, -0.25) is 0 Å². The molecule has 2 nitrogen and oxygen atoms in total. The van der Waals surface area contributed by atoms with Crippen LogP contribution in [0.1, 0.15) is 19.3 Å². The van der Waals surface area contributed by atoms with Gasteiger partial charge in [-0.15, -0.1) is 0 Å². The Kier molecular flexibility index (Phi) is 1.46. The molecule has 2 fully saturated rings. The first-order valence-electron chi connectivity index (χ1n) is 4.27. The van der Waals surface area contributed by atoms with E-state index in [4.69, 9.17) is 5.11 Å². The molecule has 2 saturated carbocycles. The number of rotatable bonds is 1. The van der Waals surface area contributed by atoms with E-state index in [0.717, 1.165) is 11.8 Å². The Morgan fingerprint density at radius 3 is 2.40 bits per heavy atom. The highest BCUT2D eigenvalue weighted by molar-refractivity contribution is 4.95. The van der Waals surface area contributed by atoms with Gasteiger partial charge in [0.1, 0.15) is 0 Å². The van der Waals surface area contributed by atoms with E-state index in [2.05, 4.69) is 5.73 Å². The fourth-order valence-corrected chi connectivity index (χ4v) is 2.81. The number of hydrogen-bond donors (Lipinski definition) is 2. The quantitative estimate of drug-likeness (QED) is 0.516. The predicted molar refractivity (Wildman–Crippen MR) is 38.1 cm³/mol. The molecular weight excluding hydrogens is 126 g/mol. The molecule has 2 bridgehead atoms. The van der Waals surface area contributed by atoms with Crippen molar-refractivity contribution in [3.63, 3.8) is 0 Å². The molecule has 0 unspecified atom stereocenters. The Hall–Kier alpha value is -0.0800. The Balaban J connectivity index is 2.10. The summed E-state index contributed by atoms with van der Waals surface area (Å²) in [5.74, 6) is 2.21. The molecular formula is C8H16NO+. The van der Waals surface area contributed by atoms with Crippen LogP contribution in [0.25, 0.3) is 0 Å². The molecule has 0 spiro atoms. The Morgan fingerprint density at radius 1 is 1.30 bits per heavy atom. The third kappa shape index (κ3) is 0.722. The predicted octanol–water partition coefficient (Wildman–Crippen LogP) is -0.365. The lowest BCUT2D eigenvalue weighted by Gasteiger charge is -2.22. The van der Waals surface area contributed by atoms with Gasteiger partial charge in [0.2, 0.25) is 0 Å². The zero-order valence-electron chi connectivity index (χ0n) is 6.29. The maximum atomic E-state index is 9.02. The van der Waals surface area contributed by atoms with Crippen LogP contribution in [0, 0.1) is 17.8 Å². The van der Waals surface area contributed by atoms with Crippen molar-refractivity contribution < 1.29 is 10.8 Å². The minimum Gasteiger partial charge on any atom is -0.396 e. The van der Waals surface area contributed by atoms with Gasteiger partial charge in [0.25, 0.3) is 0 Å². The van der Waals surface area contributed by atoms with Crippen molar-refractivity contribution in [1.82, 2.24) is 0 Å². The lowest BCUT2D eigenvalue weighted by molar-refractivity contribution is -0.444. The van der Waals surface area contributed by atoms with E-state index in [1.54, 1.807) is 0 Å². The second kappa shape index (κ2) is 2.21. The molecule has 2 rings (SSSR count). The van der Waals surface area contributed by atoms with Gasteiger partial charge < -0.3 is 10.8 Å². The third-order valence-electron chi connectivity index (χ3n) is 3.49. The van der Waals surface area contributed by atoms with Crippen molar-refractivity contribution in [3.05, 3.63) is 0 Å². The lowest BCUT2D eigenvalue weighted by atomic mass is 9.86. The normalized spacial score (nSPS) is 52.2. The maximum Gasteiger partial charge on any atom is 0.0925 e. The average Bonchev–Trinajstić information content (AvgIpc) is 2.46. The summed E-state index contributed by atoms with van der Waals surface area (Å²) in [6.45, 7) is 0.370. The maximum absolute atomic E-state index is 9.02. The first kappa shape index (κ1) is 6.62. The van der Waals surface area contributed by atoms with Crippen LogP contribution in [-0.2, 0) is 0 Å². The summed E-state index contributed by atoms with van der Waals surface area (Å²) >= 11 is 0. The van der Waals surface area contributed by atoms with E-state index < -0.39 is 0 Å². The molecule has 4 N–H and O–H groups in total. The van der Waals surface area contributed by atoms with Crippen LogP contribution in [0.5, 0.6) is 0 Å². The molecule has 4 atom stereocenters. The summed E-state index contributed by atoms with van der Waals surface area (Å²) in [4.78, 5) is 0. The van der Waals surface area contributed by atoms with Crippen molar-refractivity contribution in [2.24, 2.45) is 17.8 Å². The molecule has 2 heteroatoms. The van der Waals surface area contributed by atoms with E-state index in [1.807, 2.05) is 0 Å². The van der Waals surface area contributed by atoms with Crippen molar-refractivity contribution in [1.29, 1.82) is 0 Å². The molecule has 2 aliphatic carbocycles. The highest BCUT2D eigenvalue weighted by atomic mass is 16.3. The van der Waals surface area contributed by atoms with Gasteiger partial charge in [-0.05, 0) is 25.2 Å². The number of aliphatic hydroxyl groups excluding tert-OH is 1. The minimum atomic E-state index is 0.370. The van der Waals surface area contributed by atoms with Gasteiger partial charge in [-0.1, -0.05) is 0 Å². The average molecular weight is 142 g/mol. The summed E-state index contributed by atoms with van der Waals surface area (Å²) in [7, 11) is 0. The topological polar surface area (TPSA) is 47.9 Å². The summed E-state index contributed by atoms with van der Waals surface area (Å²) < 4.78 is 0. The van der Waals surface area contributed by atoms with Crippen LogP contribution in [0.3, 0.4) is 0 Å². The number of fused-ring (bicyclic) bond motifs is 2. The number of hydrogen-bond acceptors (Lipinski definition) is 1. The number of aliphatic hydroxyl groups is 1. The van der Waals surface area contributed by atoms with Gasteiger partial charge in [-0.2, -0.15) is 0 Å². The van der Waals surface area contributed by atoms with Crippen molar-refractivity contribution in [3.8, 4) is 0 Å². The smallest absolute Gasteiger partial charge is 0.0925 e. The minimum absolute atomic E-state index is 0.370.